The van der Waals surface area contributed by atoms with Crippen LogP contribution in [0.25, 0.3) is 0 Å². The standard InChI is InChI=1S/C8H10N2/c1-4-8(6-9)5-7(2)10-3/h4-5H,1H2,2-3H3/b8-5+,10-7?. The average molecular weight is 134 g/mol. The van der Waals surface area contributed by atoms with Crippen LogP contribution >= 0.6 is 0 Å². The largest absolute Gasteiger partial charge is 0.293 e. The molecule has 0 aromatic carbocycles. The first-order valence-electron chi connectivity index (χ1n) is 2.92. The highest BCUT2D eigenvalue weighted by Gasteiger charge is 1.86. The third-order valence-electron chi connectivity index (χ3n) is 1.07. The lowest BCUT2D eigenvalue weighted by Gasteiger charge is -1.87. The predicted octanol–water partition coefficient (Wildman–Crippen LogP) is 1.71. The lowest BCUT2D eigenvalue weighted by Crippen LogP contribution is -1.85. The fraction of sp³-hybridized carbons (Fsp3) is 0.250. The fourth-order valence-electron chi connectivity index (χ4n) is 0.426. The molecule has 0 radical (unpaired) electrons. The molecule has 0 heterocycles. The van der Waals surface area contributed by atoms with Crippen molar-refractivity contribution in [1.82, 2.24) is 0 Å². The molecule has 0 rings (SSSR count). The van der Waals surface area contributed by atoms with E-state index in [0.29, 0.717) is 5.57 Å². The lowest BCUT2D eigenvalue weighted by atomic mass is 10.2. The summed E-state index contributed by atoms with van der Waals surface area (Å²) in [5.41, 5.74) is 1.37. The van der Waals surface area contributed by atoms with E-state index in [2.05, 4.69) is 11.6 Å². The van der Waals surface area contributed by atoms with Crippen molar-refractivity contribution < 1.29 is 0 Å². The van der Waals surface area contributed by atoms with Crippen LogP contribution in [0.5, 0.6) is 0 Å². The highest BCUT2D eigenvalue weighted by atomic mass is 14.7. The number of hydrogen-bond acceptors (Lipinski definition) is 2. The van der Waals surface area contributed by atoms with E-state index in [-0.39, 0.29) is 0 Å². The number of rotatable bonds is 2. The van der Waals surface area contributed by atoms with Crippen LogP contribution in [-0.2, 0) is 0 Å². The monoisotopic (exact) mass is 134 g/mol. The van der Waals surface area contributed by atoms with E-state index in [1.54, 1.807) is 13.1 Å². The Morgan fingerprint density at radius 2 is 2.30 bits per heavy atom. The van der Waals surface area contributed by atoms with Crippen molar-refractivity contribution >= 4 is 5.71 Å². The van der Waals surface area contributed by atoms with Crippen molar-refractivity contribution in [2.75, 3.05) is 7.05 Å². The second-order valence-corrected chi connectivity index (χ2v) is 1.78. The SMILES string of the molecule is C=C/C(C#N)=C\C(C)=NC. The maximum Gasteiger partial charge on any atom is 0.0992 e. The molecule has 52 valence electrons. The van der Waals surface area contributed by atoms with E-state index in [4.69, 9.17) is 5.26 Å². The van der Waals surface area contributed by atoms with E-state index in [1.807, 2.05) is 13.0 Å². The molecule has 0 aliphatic carbocycles. The molecule has 0 atom stereocenters. The topological polar surface area (TPSA) is 36.1 Å². The van der Waals surface area contributed by atoms with Gasteiger partial charge in [0, 0.05) is 12.8 Å². The summed E-state index contributed by atoms with van der Waals surface area (Å²) in [5.74, 6) is 0. The Hall–Kier alpha value is -1.36. The predicted molar refractivity (Wildman–Crippen MR) is 42.9 cm³/mol. The molecule has 0 saturated carbocycles. The molecule has 0 fully saturated rings. The van der Waals surface area contributed by atoms with Gasteiger partial charge in [-0.05, 0) is 13.0 Å². The maximum absolute atomic E-state index is 8.43. The van der Waals surface area contributed by atoms with E-state index < -0.39 is 0 Å². The summed E-state index contributed by atoms with van der Waals surface area (Å²) in [4.78, 5) is 3.87. The van der Waals surface area contributed by atoms with Crippen LogP contribution < -0.4 is 0 Å². The third kappa shape index (κ3) is 2.83. The van der Waals surface area contributed by atoms with Crippen molar-refractivity contribution in [2.24, 2.45) is 4.99 Å². The minimum absolute atomic E-state index is 0.545. The van der Waals surface area contributed by atoms with Gasteiger partial charge in [0.25, 0.3) is 0 Å². The van der Waals surface area contributed by atoms with Gasteiger partial charge in [-0.3, -0.25) is 4.99 Å². The molecular formula is C8H10N2. The smallest absolute Gasteiger partial charge is 0.0992 e. The Balaban J connectivity index is 4.44. The Labute approximate surface area is 61.2 Å². The van der Waals surface area contributed by atoms with Gasteiger partial charge in [0.2, 0.25) is 0 Å². The van der Waals surface area contributed by atoms with E-state index >= 15 is 0 Å². The van der Waals surface area contributed by atoms with Gasteiger partial charge in [-0.2, -0.15) is 5.26 Å². The van der Waals surface area contributed by atoms with E-state index in [9.17, 15) is 0 Å². The molecule has 0 aliphatic rings. The lowest BCUT2D eigenvalue weighted by molar-refractivity contribution is 1.42. The van der Waals surface area contributed by atoms with Crippen LogP contribution in [0, 0.1) is 11.3 Å². The van der Waals surface area contributed by atoms with Crippen LogP contribution in [0.1, 0.15) is 6.92 Å². The van der Waals surface area contributed by atoms with Gasteiger partial charge < -0.3 is 0 Å². The molecule has 0 aliphatic heterocycles. The number of allylic oxidation sites excluding steroid dienone is 3. The van der Waals surface area contributed by atoms with Crippen molar-refractivity contribution in [3.05, 3.63) is 24.3 Å². The molecule has 0 aromatic heterocycles. The Bertz CT molecular complexity index is 216. The van der Waals surface area contributed by atoms with E-state index in [1.165, 1.54) is 6.08 Å². The van der Waals surface area contributed by atoms with Crippen LogP contribution in [0.3, 0.4) is 0 Å². The van der Waals surface area contributed by atoms with Crippen LogP contribution in [0.4, 0.5) is 0 Å². The molecule has 0 spiro atoms. The van der Waals surface area contributed by atoms with Crippen molar-refractivity contribution in [3.8, 4) is 6.07 Å². The van der Waals surface area contributed by atoms with Crippen LogP contribution in [-0.4, -0.2) is 12.8 Å². The second kappa shape index (κ2) is 4.51. The average Bonchev–Trinajstić information content (AvgIpc) is 1.99. The normalized spacial score (nSPS) is 12.5. The zero-order valence-corrected chi connectivity index (χ0v) is 6.26. The van der Waals surface area contributed by atoms with Gasteiger partial charge >= 0.3 is 0 Å². The number of hydrogen-bond donors (Lipinski definition) is 0. The van der Waals surface area contributed by atoms with Gasteiger partial charge in [0.05, 0.1) is 11.6 Å². The first kappa shape index (κ1) is 8.64. The van der Waals surface area contributed by atoms with Gasteiger partial charge in [0.15, 0.2) is 0 Å². The molecule has 0 unspecified atom stereocenters. The third-order valence-corrected chi connectivity index (χ3v) is 1.07. The Kier molecular flexibility index (Phi) is 3.90. The van der Waals surface area contributed by atoms with E-state index in [0.717, 1.165) is 5.71 Å². The Morgan fingerprint density at radius 1 is 1.70 bits per heavy atom. The summed E-state index contributed by atoms with van der Waals surface area (Å²) < 4.78 is 0. The van der Waals surface area contributed by atoms with Gasteiger partial charge in [-0.1, -0.05) is 12.7 Å². The number of nitrogens with zero attached hydrogens (tertiary/aromatic N) is 2. The van der Waals surface area contributed by atoms with Crippen LogP contribution in [0.2, 0.25) is 0 Å². The molecule has 2 heteroatoms. The van der Waals surface area contributed by atoms with Gasteiger partial charge in [-0.15, -0.1) is 0 Å². The zero-order chi connectivity index (χ0) is 7.98. The second-order valence-electron chi connectivity index (χ2n) is 1.78. The molecule has 0 amide bonds. The minimum atomic E-state index is 0.545. The zero-order valence-electron chi connectivity index (χ0n) is 6.26. The summed E-state index contributed by atoms with van der Waals surface area (Å²) in [6.07, 6.45) is 3.20. The minimum Gasteiger partial charge on any atom is -0.293 e. The maximum atomic E-state index is 8.43. The Morgan fingerprint density at radius 3 is 2.60 bits per heavy atom. The molecular weight excluding hydrogens is 124 g/mol. The number of aliphatic imine (C=N–C) groups is 1. The summed E-state index contributed by atoms with van der Waals surface area (Å²) in [6, 6.07) is 1.98. The highest BCUT2D eigenvalue weighted by molar-refractivity contribution is 5.94. The number of nitriles is 1. The van der Waals surface area contributed by atoms with Gasteiger partial charge in [0.1, 0.15) is 0 Å². The summed E-state index contributed by atoms with van der Waals surface area (Å²) in [6.45, 7) is 5.31. The highest BCUT2D eigenvalue weighted by Crippen LogP contribution is 1.93. The molecule has 2 nitrogen and oxygen atoms in total. The van der Waals surface area contributed by atoms with Crippen molar-refractivity contribution in [3.63, 3.8) is 0 Å². The molecule has 0 N–H and O–H groups in total. The first-order valence-corrected chi connectivity index (χ1v) is 2.92. The van der Waals surface area contributed by atoms with Gasteiger partial charge in [-0.25, -0.2) is 0 Å². The first-order chi connectivity index (χ1) is 4.74. The molecule has 10 heavy (non-hydrogen) atoms. The quantitative estimate of drug-likeness (QED) is 0.322. The van der Waals surface area contributed by atoms with Crippen molar-refractivity contribution in [2.45, 2.75) is 6.92 Å². The summed E-state index contributed by atoms with van der Waals surface area (Å²) in [5, 5.41) is 8.43. The summed E-state index contributed by atoms with van der Waals surface area (Å²) in [7, 11) is 1.68. The summed E-state index contributed by atoms with van der Waals surface area (Å²) >= 11 is 0. The molecule has 0 bridgehead atoms. The molecule has 0 saturated heterocycles. The fourth-order valence-corrected chi connectivity index (χ4v) is 0.426. The molecule has 0 aromatic rings. The van der Waals surface area contributed by atoms with Crippen molar-refractivity contribution in [1.29, 1.82) is 5.26 Å². The van der Waals surface area contributed by atoms with Crippen LogP contribution in [0.15, 0.2) is 29.3 Å².